The highest BCUT2D eigenvalue weighted by Gasteiger charge is 2.46. The second-order valence-corrected chi connectivity index (χ2v) is 8.51. The van der Waals surface area contributed by atoms with E-state index in [1.807, 2.05) is 23.1 Å². The van der Waals surface area contributed by atoms with Gasteiger partial charge in [0.25, 0.3) is 5.91 Å². The molecule has 0 unspecified atom stereocenters. The lowest BCUT2D eigenvalue weighted by molar-refractivity contribution is 0.0275. The zero-order chi connectivity index (χ0) is 17.4. The largest absolute Gasteiger partial charge is 0.383 e. The number of fused-ring (bicyclic) bond motifs is 1. The maximum atomic E-state index is 12.9. The summed E-state index contributed by atoms with van der Waals surface area (Å²) in [4.78, 5) is 18.4. The summed E-state index contributed by atoms with van der Waals surface area (Å²) >= 11 is 1.61. The molecule has 1 aromatic carbocycles. The number of likely N-dealkylation sites (N-methyl/N-ethyl adjacent to an activating group) is 1. The molecular formula is C20H26N2O2S. The highest BCUT2D eigenvalue weighted by molar-refractivity contribution is 7.20. The minimum absolute atomic E-state index is 0.199. The Balaban J connectivity index is 1.44. The molecule has 25 heavy (non-hydrogen) atoms. The van der Waals surface area contributed by atoms with Gasteiger partial charge < -0.3 is 9.64 Å². The summed E-state index contributed by atoms with van der Waals surface area (Å²) in [5.74, 6) is 0.199. The predicted molar refractivity (Wildman–Crippen MR) is 102 cm³/mol. The van der Waals surface area contributed by atoms with Crippen LogP contribution in [0.2, 0.25) is 0 Å². The minimum atomic E-state index is 0.199. The van der Waals surface area contributed by atoms with E-state index >= 15 is 0 Å². The molecule has 0 aliphatic carbocycles. The molecule has 1 spiro atoms. The smallest absolute Gasteiger partial charge is 0.263 e. The number of benzene rings is 1. The van der Waals surface area contributed by atoms with Gasteiger partial charge in [-0.15, -0.1) is 11.3 Å². The van der Waals surface area contributed by atoms with Gasteiger partial charge in [0.1, 0.15) is 0 Å². The van der Waals surface area contributed by atoms with E-state index in [0.717, 1.165) is 37.4 Å². The van der Waals surface area contributed by atoms with Gasteiger partial charge in [-0.1, -0.05) is 18.2 Å². The monoisotopic (exact) mass is 358 g/mol. The van der Waals surface area contributed by atoms with Gasteiger partial charge in [-0.25, -0.2) is 0 Å². The number of piperidine rings is 1. The number of amides is 1. The van der Waals surface area contributed by atoms with Gasteiger partial charge in [0.2, 0.25) is 0 Å². The topological polar surface area (TPSA) is 32.8 Å². The second kappa shape index (κ2) is 6.71. The number of methoxy groups -OCH3 is 1. The van der Waals surface area contributed by atoms with E-state index < -0.39 is 0 Å². The number of nitrogens with zero attached hydrogens (tertiary/aromatic N) is 2. The molecule has 0 saturated carbocycles. The van der Waals surface area contributed by atoms with Crippen LogP contribution >= 0.6 is 11.3 Å². The molecule has 134 valence electrons. The summed E-state index contributed by atoms with van der Waals surface area (Å²) in [6.07, 6.45) is 4.57. The van der Waals surface area contributed by atoms with E-state index in [2.05, 4.69) is 24.1 Å². The fourth-order valence-electron chi connectivity index (χ4n) is 4.55. The fraction of sp³-hybridized carbons (Fsp3) is 0.550. The van der Waals surface area contributed by atoms with Crippen molar-refractivity contribution < 1.29 is 9.53 Å². The zero-order valence-electron chi connectivity index (χ0n) is 15.0. The minimum Gasteiger partial charge on any atom is -0.383 e. The molecule has 4 rings (SSSR count). The van der Waals surface area contributed by atoms with Gasteiger partial charge in [-0.3, -0.25) is 9.69 Å². The van der Waals surface area contributed by atoms with Crippen LogP contribution < -0.4 is 0 Å². The first kappa shape index (κ1) is 17.0. The van der Waals surface area contributed by atoms with Gasteiger partial charge in [0.05, 0.1) is 11.5 Å². The molecule has 3 heterocycles. The number of thiophene rings is 1. The van der Waals surface area contributed by atoms with Crippen molar-refractivity contribution in [2.75, 3.05) is 33.9 Å². The Bertz CT molecular complexity index is 731. The molecule has 2 aliphatic rings. The summed E-state index contributed by atoms with van der Waals surface area (Å²) in [5.41, 5.74) is 0.264. The van der Waals surface area contributed by atoms with E-state index in [1.54, 1.807) is 18.4 Å². The van der Waals surface area contributed by atoms with E-state index in [9.17, 15) is 4.79 Å². The second-order valence-electron chi connectivity index (χ2n) is 7.42. The van der Waals surface area contributed by atoms with Crippen molar-refractivity contribution in [2.45, 2.75) is 37.3 Å². The Morgan fingerprint density at radius 1 is 1.28 bits per heavy atom. The van der Waals surface area contributed by atoms with Crippen LogP contribution in [-0.4, -0.2) is 61.1 Å². The third-order valence-electron chi connectivity index (χ3n) is 6.22. The van der Waals surface area contributed by atoms with Crippen LogP contribution in [0.1, 0.15) is 35.4 Å². The van der Waals surface area contributed by atoms with E-state index in [0.29, 0.717) is 6.04 Å². The standard InChI is InChI=1S/C20H26N2O2S/c1-21-16(14-24-2)7-8-20(21)9-11-22(12-10-20)19(23)18-13-15-5-3-4-6-17(15)25-18/h3-6,13,16H,7-12,14H2,1-2H3/t16-/m1/s1. The molecular weight excluding hydrogens is 332 g/mol. The van der Waals surface area contributed by atoms with Crippen LogP contribution in [0.3, 0.4) is 0 Å². The Morgan fingerprint density at radius 3 is 2.76 bits per heavy atom. The number of hydrogen-bond donors (Lipinski definition) is 0. The molecule has 5 heteroatoms. The molecule has 1 aromatic heterocycles. The van der Waals surface area contributed by atoms with Crippen LogP contribution in [0.25, 0.3) is 10.1 Å². The third kappa shape index (κ3) is 2.98. The first-order valence-electron chi connectivity index (χ1n) is 9.13. The van der Waals surface area contributed by atoms with Gasteiger partial charge in [0.15, 0.2) is 0 Å². The van der Waals surface area contributed by atoms with Crippen molar-refractivity contribution in [1.29, 1.82) is 0 Å². The number of carbonyl (C=O) groups excluding carboxylic acids is 1. The van der Waals surface area contributed by atoms with Crippen molar-refractivity contribution >= 4 is 27.3 Å². The zero-order valence-corrected chi connectivity index (χ0v) is 15.8. The number of hydrogen-bond acceptors (Lipinski definition) is 4. The van der Waals surface area contributed by atoms with Gasteiger partial charge in [-0.05, 0) is 50.2 Å². The van der Waals surface area contributed by atoms with E-state index in [1.165, 1.54) is 22.9 Å². The summed E-state index contributed by atoms with van der Waals surface area (Å²) in [6.45, 7) is 2.52. The first-order valence-corrected chi connectivity index (χ1v) is 9.94. The number of rotatable bonds is 3. The average molecular weight is 359 g/mol. The van der Waals surface area contributed by atoms with Crippen molar-refractivity contribution in [3.8, 4) is 0 Å². The lowest BCUT2D eigenvalue weighted by atomic mass is 9.85. The highest BCUT2D eigenvalue weighted by Crippen LogP contribution is 2.41. The Hall–Kier alpha value is -1.43. The molecule has 1 atom stereocenters. The molecule has 2 aromatic rings. The molecule has 4 nitrogen and oxygen atoms in total. The molecule has 0 radical (unpaired) electrons. The summed E-state index contributed by atoms with van der Waals surface area (Å²) in [5, 5.41) is 1.17. The molecule has 0 N–H and O–H groups in total. The normalized spacial score (nSPS) is 23.6. The fourth-order valence-corrected chi connectivity index (χ4v) is 5.58. The molecule has 0 bridgehead atoms. The Kier molecular flexibility index (Phi) is 4.56. The summed E-state index contributed by atoms with van der Waals surface area (Å²) in [6, 6.07) is 10.8. The van der Waals surface area contributed by atoms with E-state index in [-0.39, 0.29) is 11.4 Å². The van der Waals surface area contributed by atoms with Crippen LogP contribution in [-0.2, 0) is 4.74 Å². The maximum Gasteiger partial charge on any atom is 0.263 e. The Labute approximate surface area is 153 Å². The van der Waals surface area contributed by atoms with E-state index in [4.69, 9.17) is 4.74 Å². The Morgan fingerprint density at radius 2 is 2.04 bits per heavy atom. The summed E-state index contributed by atoms with van der Waals surface area (Å²) < 4.78 is 6.56. The van der Waals surface area contributed by atoms with Gasteiger partial charge >= 0.3 is 0 Å². The number of likely N-dealkylation sites (tertiary alicyclic amines) is 2. The van der Waals surface area contributed by atoms with Crippen molar-refractivity contribution in [2.24, 2.45) is 0 Å². The summed E-state index contributed by atoms with van der Waals surface area (Å²) in [7, 11) is 4.02. The number of carbonyl (C=O) groups is 1. The molecule has 2 aliphatic heterocycles. The first-order chi connectivity index (χ1) is 12.1. The van der Waals surface area contributed by atoms with Crippen LogP contribution in [0, 0.1) is 0 Å². The maximum absolute atomic E-state index is 12.9. The van der Waals surface area contributed by atoms with Crippen LogP contribution in [0.15, 0.2) is 30.3 Å². The predicted octanol–water partition coefficient (Wildman–Crippen LogP) is 3.62. The third-order valence-corrected chi connectivity index (χ3v) is 7.32. The molecule has 2 fully saturated rings. The van der Waals surface area contributed by atoms with Crippen molar-refractivity contribution in [1.82, 2.24) is 9.80 Å². The van der Waals surface area contributed by atoms with Gasteiger partial charge in [0, 0.05) is 36.5 Å². The lowest BCUT2D eigenvalue weighted by Crippen LogP contribution is -2.53. The van der Waals surface area contributed by atoms with Gasteiger partial charge in [-0.2, -0.15) is 0 Å². The molecule has 2 saturated heterocycles. The SMILES string of the molecule is COC[C@H]1CCC2(CCN(C(=O)c3cc4ccccc4s3)CC2)N1C. The highest BCUT2D eigenvalue weighted by atomic mass is 32.1. The van der Waals surface area contributed by atoms with Crippen molar-refractivity contribution in [3.05, 3.63) is 35.2 Å². The van der Waals surface area contributed by atoms with Crippen LogP contribution in [0.5, 0.6) is 0 Å². The number of ether oxygens (including phenoxy) is 1. The average Bonchev–Trinajstić information content (AvgIpc) is 3.19. The quantitative estimate of drug-likeness (QED) is 0.840. The van der Waals surface area contributed by atoms with Crippen molar-refractivity contribution in [3.63, 3.8) is 0 Å². The lowest BCUT2D eigenvalue weighted by Gasteiger charge is -2.45. The molecule has 1 amide bonds. The van der Waals surface area contributed by atoms with Crippen LogP contribution in [0.4, 0.5) is 0 Å².